The first-order chi connectivity index (χ1) is 6.20. The van der Waals surface area contributed by atoms with Gasteiger partial charge in [0.25, 0.3) is 0 Å². The van der Waals surface area contributed by atoms with Gasteiger partial charge in [0.05, 0.1) is 0 Å². The van der Waals surface area contributed by atoms with Crippen molar-refractivity contribution in [2.45, 2.75) is 11.9 Å². The summed E-state index contributed by atoms with van der Waals surface area (Å²) in [6.07, 6.45) is 0. The van der Waals surface area contributed by atoms with E-state index in [-0.39, 0.29) is 11.4 Å². The topological polar surface area (TPSA) is 104 Å². The van der Waals surface area contributed by atoms with E-state index >= 15 is 0 Å². The van der Waals surface area contributed by atoms with E-state index in [1.807, 2.05) is 6.92 Å². The second-order valence-corrected chi connectivity index (χ2v) is 3.41. The van der Waals surface area contributed by atoms with E-state index in [9.17, 15) is 4.79 Å². The fourth-order valence-corrected chi connectivity index (χ4v) is 1.59. The van der Waals surface area contributed by atoms with Gasteiger partial charge in [0, 0.05) is 0 Å². The minimum absolute atomic E-state index is 0.0920. The fourth-order valence-electron chi connectivity index (χ4n) is 0.869. The van der Waals surface area contributed by atoms with Crippen LogP contribution in [0.4, 0.5) is 5.82 Å². The maximum atomic E-state index is 10.8. The van der Waals surface area contributed by atoms with Gasteiger partial charge >= 0.3 is 5.97 Å². The number of hydrogen-bond donors (Lipinski definition) is 4. The Balaban J connectivity index is 3.06. The van der Waals surface area contributed by atoms with Gasteiger partial charge in [-0.2, -0.15) is 5.10 Å². The number of hydrogen-bond acceptors (Lipinski definition) is 5. The van der Waals surface area contributed by atoms with Crippen molar-refractivity contribution in [1.82, 2.24) is 10.2 Å². The highest BCUT2D eigenvalue weighted by atomic mass is 32.2. The fraction of sp³-hybridized carbons (Fsp3) is 0.333. The number of carboxylic acids is 1. The zero-order valence-electron chi connectivity index (χ0n) is 7.00. The van der Waals surface area contributed by atoms with Crippen LogP contribution in [-0.4, -0.2) is 27.0 Å². The number of nitrogens with zero attached hydrogens (tertiary/aromatic N) is 1. The molecule has 0 unspecified atom stereocenters. The monoisotopic (exact) mass is 202 g/mol. The lowest BCUT2D eigenvalue weighted by molar-refractivity contribution is 0.0694. The Bertz CT molecular complexity index is 312. The van der Waals surface area contributed by atoms with Crippen molar-refractivity contribution in [3.63, 3.8) is 0 Å². The van der Waals surface area contributed by atoms with Crippen LogP contribution in [0.1, 0.15) is 17.3 Å². The lowest BCUT2D eigenvalue weighted by Crippen LogP contribution is -2.11. The molecule has 13 heavy (non-hydrogen) atoms. The average molecular weight is 202 g/mol. The molecule has 0 spiro atoms. The highest BCUT2D eigenvalue weighted by Crippen LogP contribution is 2.24. The number of H-pyrrole nitrogens is 1. The van der Waals surface area contributed by atoms with Gasteiger partial charge in [0.2, 0.25) is 0 Å². The Labute approximate surface area is 78.9 Å². The molecule has 0 fully saturated rings. The molecule has 0 saturated carbocycles. The number of nitrogens with two attached hydrogens (primary N) is 1. The molecule has 0 bridgehead atoms. The first kappa shape index (κ1) is 9.87. The third kappa shape index (κ3) is 1.93. The van der Waals surface area contributed by atoms with Crippen molar-refractivity contribution >= 4 is 23.5 Å². The molecule has 1 aromatic rings. The smallest absolute Gasteiger partial charge is 0.342 e. The molecule has 0 aliphatic heterocycles. The predicted octanol–water partition coefficient (Wildman–Crippen LogP) is 0.506. The second-order valence-electron chi connectivity index (χ2n) is 2.16. The number of carbonyl (C=O) groups is 1. The molecule has 1 rings (SSSR count). The van der Waals surface area contributed by atoms with Gasteiger partial charge in [-0.25, -0.2) is 10.6 Å². The van der Waals surface area contributed by atoms with Crippen LogP contribution in [0, 0.1) is 0 Å². The third-order valence-electron chi connectivity index (χ3n) is 1.37. The van der Waals surface area contributed by atoms with Crippen LogP contribution in [0.25, 0.3) is 0 Å². The minimum Gasteiger partial charge on any atom is -0.477 e. The summed E-state index contributed by atoms with van der Waals surface area (Å²) in [5.41, 5.74) is 2.34. The molecule has 0 aromatic carbocycles. The number of carboxylic acid groups (broad SMARTS) is 1. The Morgan fingerprint density at radius 1 is 1.85 bits per heavy atom. The number of anilines is 1. The van der Waals surface area contributed by atoms with Gasteiger partial charge in [-0.15, -0.1) is 11.8 Å². The maximum absolute atomic E-state index is 10.8. The molecule has 1 aromatic heterocycles. The van der Waals surface area contributed by atoms with Crippen LogP contribution in [0.3, 0.4) is 0 Å². The summed E-state index contributed by atoms with van der Waals surface area (Å²) in [7, 11) is 0. The molecule has 0 saturated heterocycles. The van der Waals surface area contributed by atoms with Crippen molar-refractivity contribution in [2.24, 2.45) is 5.84 Å². The Morgan fingerprint density at radius 3 is 3.00 bits per heavy atom. The number of aromatic amines is 1. The number of aromatic nitrogens is 2. The van der Waals surface area contributed by atoms with Crippen molar-refractivity contribution < 1.29 is 9.90 Å². The molecule has 0 radical (unpaired) electrons. The van der Waals surface area contributed by atoms with E-state index in [1.165, 1.54) is 11.8 Å². The molecule has 7 heteroatoms. The van der Waals surface area contributed by atoms with Crippen LogP contribution in [0.5, 0.6) is 0 Å². The number of rotatable bonds is 4. The third-order valence-corrected chi connectivity index (χ3v) is 2.23. The van der Waals surface area contributed by atoms with E-state index in [4.69, 9.17) is 10.9 Å². The van der Waals surface area contributed by atoms with E-state index in [0.29, 0.717) is 5.03 Å². The summed E-state index contributed by atoms with van der Waals surface area (Å²) in [6.45, 7) is 1.92. The maximum Gasteiger partial charge on any atom is 0.342 e. The number of nitrogens with one attached hydrogen (secondary N) is 2. The molecule has 0 atom stereocenters. The van der Waals surface area contributed by atoms with Crippen LogP contribution in [0.15, 0.2) is 5.03 Å². The van der Waals surface area contributed by atoms with E-state index in [1.54, 1.807) is 0 Å². The first-order valence-corrected chi connectivity index (χ1v) is 4.60. The van der Waals surface area contributed by atoms with Crippen LogP contribution in [-0.2, 0) is 0 Å². The van der Waals surface area contributed by atoms with Crippen molar-refractivity contribution in [3.05, 3.63) is 5.56 Å². The number of nitrogen functional groups attached to an aromatic ring is 1. The van der Waals surface area contributed by atoms with Crippen molar-refractivity contribution in [3.8, 4) is 0 Å². The molecule has 0 amide bonds. The normalized spacial score (nSPS) is 10.0. The van der Waals surface area contributed by atoms with Crippen LogP contribution in [0.2, 0.25) is 0 Å². The van der Waals surface area contributed by atoms with Crippen molar-refractivity contribution in [2.75, 3.05) is 11.2 Å². The van der Waals surface area contributed by atoms with Gasteiger partial charge in [0.15, 0.2) is 5.82 Å². The summed E-state index contributed by atoms with van der Waals surface area (Å²) < 4.78 is 0. The Hall–Kier alpha value is -1.21. The quantitative estimate of drug-likeness (QED) is 0.322. The summed E-state index contributed by atoms with van der Waals surface area (Å²) in [4.78, 5) is 10.8. The average Bonchev–Trinajstić information content (AvgIpc) is 2.48. The van der Waals surface area contributed by atoms with E-state index in [0.717, 1.165) is 5.75 Å². The van der Waals surface area contributed by atoms with E-state index in [2.05, 4.69) is 15.6 Å². The predicted molar refractivity (Wildman–Crippen MR) is 49.8 cm³/mol. The van der Waals surface area contributed by atoms with Gasteiger partial charge in [-0.05, 0) is 5.75 Å². The van der Waals surface area contributed by atoms with Crippen LogP contribution < -0.4 is 11.3 Å². The lowest BCUT2D eigenvalue weighted by atomic mass is 10.3. The molecular formula is C6H10N4O2S. The second kappa shape index (κ2) is 4.15. The summed E-state index contributed by atoms with van der Waals surface area (Å²) >= 11 is 1.35. The zero-order valence-corrected chi connectivity index (χ0v) is 7.81. The van der Waals surface area contributed by atoms with Crippen LogP contribution >= 0.6 is 11.8 Å². The summed E-state index contributed by atoms with van der Waals surface area (Å²) in [6, 6.07) is 0. The van der Waals surface area contributed by atoms with E-state index < -0.39 is 5.97 Å². The molecule has 0 aliphatic rings. The number of thioether (sulfide) groups is 1. The highest BCUT2D eigenvalue weighted by Gasteiger charge is 2.18. The summed E-state index contributed by atoms with van der Waals surface area (Å²) in [5, 5.41) is 15.6. The van der Waals surface area contributed by atoms with Gasteiger partial charge in [-0.1, -0.05) is 6.92 Å². The Kier molecular flexibility index (Phi) is 3.15. The van der Waals surface area contributed by atoms with Gasteiger partial charge < -0.3 is 10.5 Å². The standard InChI is InChI=1S/C6H10N4O2S/c1-2-13-5-3(6(11)12)4(8-7)9-10-5/h2,7H2,1H3,(H,11,12)(H2,8,9,10). The number of aromatic carboxylic acids is 1. The largest absolute Gasteiger partial charge is 0.477 e. The molecule has 1 heterocycles. The molecule has 5 N–H and O–H groups in total. The first-order valence-electron chi connectivity index (χ1n) is 3.61. The lowest BCUT2D eigenvalue weighted by Gasteiger charge is -1.97. The summed E-state index contributed by atoms with van der Waals surface area (Å²) in [5.74, 6) is 5.04. The highest BCUT2D eigenvalue weighted by molar-refractivity contribution is 7.99. The van der Waals surface area contributed by atoms with Gasteiger partial charge in [0.1, 0.15) is 10.6 Å². The SMILES string of the molecule is CCSc1n[nH]c(NN)c1C(=O)O. The Morgan fingerprint density at radius 2 is 2.54 bits per heavy atom. The van der Waals surface area contributed by atoms with Crippen molar-refractivity contribution in [1.29, 1.82) is 0 Å². The minimum atomic E-state index is -1.04. The molecule has 6 nitrogen and oxygen atoms in total. The number of hydrazine groups is 1. The molecule has 0 aliphatic carbocycles. The molecular weight excluding hydrogens is 192 g/mol. The molecule has 72 valence electrons. The van der Waals surface area contributed by atoms with Gasteiger partial charge in [-0.3, -0.25) is 5.10 Å². The zero-order chi connectivity index (χ0) is 9.84.